The van der Waals surface area contributed by atoms with Gasteiger partial charge < -0.3 is 5.32 Å². The SMILES string of the molecule is O=C1CCCC2=C1[C@H](c1ccc(Cl)cc1)n1nnnc1N2. The lowest BCUT2D eigenvalue weighted by Crippen LogP contribution is -2.31. The number of tetrazole rings is 1. The second-order valence-corrected chi connectivity index (χ2v) is 5.63. The number of benzene rings is 1. The van der Waals surface area contributed by atoms with Gasteiger partial charge in [-0.2, -0.15) is 4.68 Å². The average molecular weight is 302 g/mol. The molecular weight excluding hydrogens is 290 g/mol. The highest BCUT2D eigenvalue weighted by Gasteiger charge is 2.36. The third-order valence-electron chi connectivity index (χ3n) is 3.92. The lowest BCUT2D eigenvalue weighted by molar-refractivity contribution is -0.116. The minimum Gasteiger partial charge on any atom is -0.326 e. The summed E-state index contributed by atoms with van der Waals surface area (Å²) in [5.74, 6) is 0.730. The van der Waals surface area contributed by atoms with Crippen LogP contribution in [0.3, 0.4) is 0 Å². The predicted molar refractivity (Wildman–Crippen MR) is 76.9 cm³/mol. The van der Waals surface area contributed by atoms with Crippen molar-refractivity contribution in [2.75, 3.05) is 5.32 Å². The van der Waals surface area contributed by atoms with Crippen molar-refractivity contribution >= 4 is 23.3 Å². The molecule has 0 fully saturated rings. The van der Waals surface area contributed by atoms with Crippen LogP contribution < -0.4 is 5.32 Å². The van der Waals surface area contributed by atoms with Gasteiger partial charge in [-0.05, 0) is 41.0 Å². The molecule has 1 atom stereocenters. The summed E-state index contributed by atoms with van der Waals surface area (Å²) in [5.41, 5.74) is 2.66. The van der Waals surface area contributed by atoms with Gasteiger partial charge in [0, 0.05) is 22.7 Å². The molecule has 1 N–H and O–H groups in total. The van der Waals surface area contributed by atoms with E-state index >= 15 is 0 Å². The summed E-state index contributed by atoms with van der Waals surface area (Å²) in [7, 11) is 0. The zero-order valence-corrected chi connectivity index (χ0v) is 11.8. The average Bonchev–Trinajstić information content (AvgIpc) is 2.94. The molecule has 21 heavy (non-hydrogen) atoms. The Balaban J connectivity index is 1.91. The van der Waals surface area contributed by atoms with Crippen LogP contribution in [0.2, 0.25) is 5.02 Å². The molecule has 1 aliphatic heterocycles. The maximum Gasteiger partial charge on any atom is 0.248 e. The fourth-order valence-corrected chi connectivity index (χ4v) is 3.10. The van der Waals surface area contributed by atoms with Crippen molar-refractivity contribution in [1.82, 2.24) is 20.2 Å². The van der Waals surface area contributed by atoms with Gasteiger partial charge in [-0.3, -0.25) is 4.79 Å². The molecule has 4 rings (SSSR count). The largest absolute Gasteiger partial charge is 0.326 e. The maximum atomic E-state index is 12.4. The quantitative estimate of drug-likeness (QED) is 0.875. The molecule has 0 saturated carbocycles. The topological polar surface area (TPSA) is 72.7 Å². The van der Waals surface area contributed by atoms with E-state index in [-0.39, 0.29) is 11.8 Å². The highest BCUT2D eigenvalue weighted by atomic mass is 35.5. The van der Waals surface area contributed by atoms with Crippen LogP contribution in [-0.4, -0.2) is 26.0 Å². The van der Waals surface area contributed by atoms with Crippen molar-refractivity contribution in [2.24, 2.45) is 0 Å². The lowest BCUT2D eigenvalue weighted by atomic mass is 9.85. The van der Waals surface area contributed by atoms with Gasteiger partial charge in [0.05, 0.1) is 0 Å². The summed E-state index contributed by atoms with van der Waals surface area (Å²) in [5, 5.41) is 15.6. The Labute approximate surface area is 125 Å². The molecule has 0 unspecified atom stereocenters. The fourth-order valence-electron chi connectivity index (χ4n) is 2.97. The molecule has 2 aromatic rings. The van der Waals surface area contributed by atoms with Crippen LogP contribution in [0.1, 0.15) is 30.9 Å². The molecule has 6 nitrogen and oxygen atoms in total. The number of ketones is 1. The van der Waals surface area contributed by atoms with E-state index in [2.05, 4.69) is 20.8 Å². The van der Waals surface area contributed by atoms with Crippen LogP contribution >= 0.6 is 11.6 Å². The first-order valence-electron chi connectivity index (χ1n) is 6.80. The number of carbonyl (C=O) groups is 1. The molecule has 0 bridgehead atoms. The molecule has 0 spiro atoms. The Kier molecular flexibility index (Phi) is 2.78. The first-order valence-corrected chi connectivity index (χ1v) is 7.18. The third kappa shape index (κ3) is 1.94. The smallest absolute Gasteiger partial charge is 0.248 e. The van der Waals surface area contributed by atoms with E-state index in [0.29, 0.717) is 17.4 Å². The maximum absolute atomic E-state index is 12.4. The van der Waals surface area contributed by atoms with Crippen molar-refractivity contribution in [3.05, 3.63) is 46.1 Å². The van der Waals surface area contributed by atoms with Crippen LogP contribution in [0.4, 0.5) is 5.95 Å². The van der Waals surface area contributed by atoms with Gasteiger partial charge in [0.1, 0.15) is 6.04 Å². The van der Waals surface area contributed by atoms with E-state index < -0.39 is 0 Å². The van der Waals surface area contributed by atoms with Crippen LogP contribution in [0.15, 0.2) is 35.5 Å². The van der Waals surface area contributed by atoms with Crippen molar-refractivity contribution in [2.45, 2.75) is 25.3 Å². The molecule has 1 aromatic carbocycles. The predicted octanol–water partition coefficient (Wildman–Crippen LogP) is 2.35. The minimum absolute atomic E-state index is 0.157. The number of nitrogens with one attached hydrogen (secondary N) is 1. The normalized spacial score (nSPS) is 20.8. The van der Waals surface area contributed by atoms with Crippen LogP contribution in [0.5, 0.6) is 0 Å². The highest BCUT2D eigenvalue weighted by Crippen LogP contribution is 2.39. The number of carbonyl (C=O) groups excluding carboxylic acids is 1. The van der Waals surface area contributed by atoms with E-state index in [4.69, 9.17) is 11.6 Å². The number of allylic oxidation sites excluding steroid dienone is 2. The number of anilines is 1. The molecular formula is C14H12ClN5O. The zero-order chi connectivity index (χ0) is 14.4. The summed E-state index contributed by atoms with van der Waals surface area (Å²) in [6.45, 7) is 0. The van der Waals surface area contributed by atoms with Crippen molar-refractivity contribution in [1.29, 1.82) is 0 Å². The standard InChI is InChI=1S/C14H12ClN5O/c15-9-6-4-8(5-7-9)13-12-10(2-1-3-11(12)21)16-14-17-18-19-20(13)14/h4-7,13H,1-3H2,(H,16,17,19)/t13-/m0/s1. The molecule has 7 heteroatoms. The second-order valence-electron chi connectivity index (χ2n) is 5.20. The molecule has 0 amide bonds. The molecule has 0 saturated heterocycles. The summed E-state index contributed by atoms with van der Waals surface area (Å²) in [4.78, 5) is 12.4. The van der Waals surface area contributed by atoms with Crippen LogP contribution in [0.25, 0.3) is 0 Å². The van der Waals surface area contributed by atoms with Gasteiger partial charge in [-0.15, -0.1) is 0 Å². The van der Waals surface area contributed by atoms with Gasteiger partial charge in [0.15, 0.2) is 5.78 Å². The number of aromatic nitrogens is 4. The van der Waals surface area contributed by atoms with Crippen molar-refractivity contribution in [3.63, 3.8) is 0 Å². The van der Waals surface area contributed by atoms with E-state index in [0.717, 1.165) is 29.7 Å². The van der Waals surface area contributed by atoms with Crippen molar-refractivity contribution < 1.29 is 4.79 Å². The van der Waals surface area contributed by atoms with Crippen molar-refractivity contribution in [3.8, 4) is 0 Å². The Morgan fingerprint density at radius 1 is 1.24 bits per heavy atom. The van der Waals surface area contributed by atoms with E-state index in [1.165, 1.54) is 0 Å². The Bertz CT molecular complexity index is 749. The molecule has 1 aliphatic carbocycles. The number of Topliss-reactive ketones (excluding diaryl/α,β-unsaturated/α-hetero) is 1. The van der Waals surface area contributed by atoms with Gasteiger partial charge in [-0.1, -0.05) is 28.8 Å². The van der Waals surface area contributed by atoms with Gasteiger partial charge in [0.25, 0.3) is 0 Å². The molecule has 106 valence electrons. The Hall–Kier alpha value is -2.21. The summed E-state index contributed by atoms with van der Waals surface area (Å²) in [6, 6.07) is 7.18. The lowest BCUT2D eigenvalue weighted by Gasteiger charge is -2.31. The highest BCUT2D eigenvalue weighted by molar-refractivity contribution is 6.30. The minimum atomic E-state index is -0.281. The first kappa shape index (κ1) is 12.5. The summed E-state index contributed by atoms with van der Waals surface area (Å²) < 4.78 is 1.66. The van der Waals surface area contributed by atoms with Gasteiger partial charge >= 0.3 is 0 Å². The van der Waals surface area contributed by atoms with Gasteiger partial charge in [0.2, 0.25) is 5.95 Å². The molecule has 1 aromatic heterocycles. The van der Waals surface area contributed by atoms with E-state index in [9.17, 15) is 4.79 Å². The number of fused-ring (bicyclic) bond motifs is 1. The number of halogens is 1. The van der Waals surface area contributed by atoms with Crippen LogP contribution in [0, 0.1) is 0 Å². The monoisotopic (exact) mass is 301 g/mol. The first-order chi connectivity index (χ1) is 10.2. The molecule has 2 aliphatic rings. The van der Waals surface area contributed by atoms with E-state index in [1.54, 1.807) is 4.68 Å². The zero-order valence-electron chi connectivity index (χ0n) is 11.1. The second kappa shape index (κ2) is 4.66. The van der Waals surface area contributed by atoms with E-state index in [1.807, 2.05) is 24.3 Å². The fraction of sp³-hybridized carbons (Fsp3) is 0.286. The summed E-state index contributed by atoms with van der Waals surface area (Å²) in [6.07, 6.45) is 2.28. The number of hydrogen-bond acceptors (Lipinski definition) is 5. The van der Waals surface area contributed by atoms with Crippen LogP contribution in [-0.2, 0) is 4.79 Å². The number of rotatable bonds is 1. The molecule has 2 heterocycles. The Morgan fingerprint density at radius 2 is 2.05 bits per heavy atom. The van der Waals surface area contributed by atoms with Gasteiger partial charge in [-0.25, -0.2) is 0 Å². The summed E-state index contributed by atoms with van der Waals surface area (Å²) >= 11 is 5.96. The third-order valence-corrected chi connectivity index (χ3v) is 4.17. The number of hydrogen-bond donors (Lipinski definition) is 1. The molecule has 0 radical (unpaired) electrons. The number of nitrogens with zero attached hydrogens (tertiary/aromatic N) is 4. The Morgan fingerprint density at radius 3 is 2.86 bits per heavy atom.